The number of anilines is 1. The molecule has 1 aromatic carbocycles. The summed E-state index contributed by atoms with van der Waals surface area (Å²) >= 11 is 0. The lowest BCUT2D eigenvalue weighted by Crippen LogP contribution is -2.24. The van der Waals surface area contributed by atoms with Gasteiger partial charge in [0, 0.05) is 17.8 Å². The molecule has 1 amide bonds. The molecular formula is C17H13N3O2. The quantitative estimate of drug-likeness (QED) is 0.806. The van der Waals surface area contributed by atoms with Crippen LogP contribution < -0.4 is 10.9 Å². The summed E-state index contributed by atoms with van der Waals surface area (Å²) in [6.07, 6.45) is 1.59. The number of rotatable bonds is 3. The van der Waals surface area contributed by atoms with Crippen molar-refractivity contribution >= 4 is 11.7 Å². The second kappa shape index (κ2) is 6.05. The van der Waals surface area contributed by atoms with Gasteiger partial charge < -0.3 is 5.32 Å². The largest absolute Gasteiger partial charge is 0.308 e. The van der Waals surface area contributed by atoms with Gasteiger partial charge in [0.25, 0.3) is 11.5 Å². The molecule has 0 fully saturated rings. The van der Waals surface area contributed by atoms with Gasteiger partial charge in [-0.25, -0.2) is 9.55 Å². The molecule has 0 saturated carbocycles. The smallest absolute Gasteiger partial charge is 0.257 e. The number of nitrogens with one attached hydrogen (secondary N) is 1. The minimum absolute atomic E-state index is 0.260. The molecule has 0 spiro atoms. The Balaban J connectivity index is 2.00. The Labute approximate surface area is 126 Å². The van der Waals surface area contributed by atoms with Crippen LogP contribution in [0.5, 0.6) is 0 Å². The van der Waals surface area contributed by atoms with Gasteiger partial charge in [-0.15, -0.1) is 0 Å². The first kappa shape index (κ1) is 13.8. The second-order valence-electron chi connectivity index (χ2n) is 4.59. The van der Waals surface area contributed by atoms with Gasteiger partial charge in [-0.05, 0) is 30.3 Å². The Bertz CT molecular complexity index is 843. The van der Waals surface area contributed by atoms with E-state index in [1.807, 2.05) is 6.07 Å². The summed E-state index contributed by atoms with van der Waals surface area (Å²) in [5, 5.41) is 2.75. The van der Waals surface area contributed by atoms with Gasteiger partial charge in [0.2, 0.25) is 0 Å². The van der Waals surface area contributed by atoms with E-state index in [0.29, 0.717) is 17.2 Å². The molecule has 108 valence electrons. The number of carbonyl (C=O) groups is 1. The summed E-state index contributed by atoms with van der Waals surface area (Å²) in [7, 11) is 0. The summed E-state index contributed by atoms with van der Waals surface area (Å²) in [4.78, 5) is 28.6. The highest BCUT2D eigenvalue weighted by Crippen LogP contribution is 2.12. The molecule has 2 heterocycles. The molecule has 3 aromatic rings. The number of pyridine rings is 2. The molecule has 0 atom stereocenters. The SMILES string of the molecule is O=C(Nc1cccc(=O)n1-c1ccccn1)c1ccccc1. The lowest BCUT2D eigenvalue weighted by atomic mass is 10.2. The normalized spacial score (nSPS) is 10.2. The molecule has 3 rings (SSSR count). The maximum atomic E-state index is 12.3. The van der Waals surface area contributed by atoms with E-state index in [0.717, 1.165) is 0 Å². The molecule has 22 heavy (non-hydrogen) atoms. The van der Waals surface area contributed by atoms with Crippen molar-refractivity contribution in [1.29, 1.82) is 0 Å². The van der Waals surface area contributed by atoms with Crippen LogP contribution in [0.4, 0.5) is 5.82 Å². The summed E-state index contributed by atoms with van der Waals surface area (Å²) in [6.45, 7) is 0. The fraction of sp³-hybridized carbons (Fsp3) is 0. The van der Waals surface area contributed by atoms with Crippen LogP contribution in [0.1, 0.15) is 10.4 Å². The fourth-order valence-electron chi connectivity index (χ4n) is 2.09. The Kier molecular flexibility index (Phi) is 3.78. The van der Waals surface area contributed by atoms with Crippen molar-refractivity contribution in [3.05, 3.63) is 88.8 Å². The minimum atomic E-state index is -0.282. The van der Waals surface area contributed by atoms with Crippen molar-refractivity contribution in [3.63, 3.8) is 0 Å². The Morgan fingerprint density at radius 2 is 1.68 bits per heavy atom. The highest BCUT2D eigenvalue weighted by Gasteiger charge is 2.11. The highest BCUT2D eigenvalue weighted by atomic mass is 16.2. The molecule has 0 bridgehead atoms. The summed E-state index contributed by atoms with van der Waals surface area (Å²) in [5.74, 6) is 0.549. The topological polar surface area (TPSA) is 64.0 Å². The first-order valence-corrected chi connectivity index (χ1v) is 6.75. The maximum Gasteiger partial charge on any atom is 0.257 e. The molecule has 5 nitrogen and oxygen atoms in total. The molecule has 0 saturated heterocycles. The van der Waals surface area contributed by atoms with E-state index in [4.69, 9.17) is 0 Å². The first-order chi connectivity index (χ1) is 10.8. The summed E-state index contributed by atoms with van der Waals surface area (Å²) < 4.78 is 1.36. The van der Waals surface area contributed by atoms with E-state index in [1.165, 1.54) is 10.6 Å². The predicted octanol–water partition coefficient (Wildman–Crippen LogP) is 2.48. The van der Waals surface area contributed by atoms with Crippen molar-refractivity contribution in [2.45, 2.75) is 0 Å². The van der Waals surface area contributed by atoms with Crippen LogP contribution in [0.15, 0.2) is 77.7 Å². The number of carbonyl (C=O) groups excluding carboxylic acids is 1. The lowest BCUT2D eigenvalue weighted by molar-refractivity contribution is 0.102. The molecule has 0 aliphatic heterocycles. The van der Waals surface area contributed by atoms with Gasteiger partial charge in [0.1, 0.15) is 11.6 Å². The van der Waals surface area contributed by atoms with Gasteiger partial charge in [-0.2, -0.15) is 0 Å². The van der Waals surface area contributed by atoms with E-state index < -0.39 is 0 Å². The van der Waals surface area contributed by atoms with Crippen molar-refractivity contribution in [3.8, 4) is 5.82 Å². The van der Waals surface area contributed by atoms with E-state index >= 15 is 0 Å². The number of benzene rings is 1. The van der Waals surface area contributed by atoms with Gasteiger partial charge in [-0.3, -0.25) is 9.59 Å². The number of hydrogen-bond acceptors (Lipinski definition) is 3. The minimum Gasteiger partial charge on any atom is -0.308 e. The molecule has 0 aliphatic rings. The molecule has 5 heteroatoms. The van der Waals surface area contributed by atoms with Gasteiger partial charge >= 0.3 is 0 Å². The van der Waals surface area contributed by atoms with Crippen LogP contribution in [-0.4, -0.2) is 15.5 Å². The zero-order chi connectivity index (χ0) is 15.4. The lowest BCUT2D eigenvalue weighted by Gasteiger charge is -2.12. The van der Waals surface area contributed by atoms with Crippen molar-refractivity contribution < 1.29 is 4.79 Å². The number of amides is 1. The Hall–Kier alpha value is -3.21. The average molecular weight is 291 g/mol. The number of hydrogen-bond donors (Lipinski definition) is 1. The zero-order valence-electron chi connectivity index (χ0n) is 11.6. The number of aromatic nitrogens is 2. The molecule has 1 N–H and O–H groups in total. The Morgan fingerprint density at radius 1 is 0.909 bits per heavy atom. The molecule has 0 aliphatic carbocycles. The van der Waals surface area contributed by atoms with Crippen LogP contribution in [0.25, 0.3) is 5.82 Å². The third kappa shape index (κ3) is 2.78. The van der Waals surface area contributed by atoms with Crippen molar-refractivity contribution in [2.75, 3.05) is 5.32 Å². The molecule has 2 aromatic heterocycles. The molecule has 0 unspecified atom stereocenters. The van der Waals surface area contributed by atoms with Crippen LogP contribution >= 0.6 is 0 Å². The van der Waals surface area contributed by atoms with Crippen LogP contribution in [0.3, 0.4) is 0 Å². The van der Waals surface area contributed by atoms with Crippen LogP contribution in [0, 0.1) is 0 Å². The number of nitrogens with zero attached hydrogens (tertiary/aromatic N) is 2. The summed E-state index contributed by atoms with van der Waals surface area (Å²) in [5.41, 5.74) is 0.260. The third-order valence-corrected chi connectivity index (χ3v) is 3.11. The maximum absolute atomic E-state index is 12.3. The van der Waals surface area contributed by atoms with Gasteiger partial charge in [-0.1, -0.05) is 30.3 Å². The van der Waals surface area contributed by atoms with Crippen molar-refractivity contribution in [2.24, 2.45) is 0 Å². The third-order valence-electron chi connectivity index (χ3n) is 3.11. The van der Waals surface area contributed by atoms with E-state index in [9.17, 15) is 9.59 Å². The standard InChI is InChI=1S/C17H13N3O2/c21-16-11-6-10-15(20(16)14-9-4-5-12-18-14)19-17(22)13-7-2-1-3-8-13/h1-12H,(H,19,22). The fourth-order valence-corrected chi connectivity index (χ4v) is 2.09. The van der Waals surface area contributed by atoms with E-state index in [-0.39, 0.29) is 11.5 Å². The van der Waals surface area contributed by atoms with Gasteiger partial charge in [0.15, 0.2) is 0 Å². The monoisotopic (exact) mass is 291 g/mol. The van der Waals surface area contributed by atoms with Crippen LogP contribution in [0.2, 0.25) is 0 Å². The van der Waals surface area contributed by atoms with E-state index in [1.54, 1.807) is 60.8 Å². The second-order valence-corrected chi connectivity index (χ2v) is 4.59. The highest BCUT2D eigenvalue weighted by molar-refractivity contribution is 6.03. The predicted molar refractivity (Wildman–Crippen MR) is 84.2 cm³/mol. The average Bonchev–Trinajstić information content (AvgIpc) is 2.56. The van der Waals surface area contributed by atoms with E-state index in [2.05, 4.69) is 10.3 Å². The first-order valence-electron chi connectivity index (χ1n) is 6.75. The van der Waals surface area contributed by atoms with Crippen LogP contribution in [-0.2, 0) is 0 Å². The van der Waals surface area contributed by atoms with Crippen molar-refractivity contribution in [1.82, 2.24) is 9.55 Å². The Morgan fingerprint density at radius 3 is 2.41 bits per heavy atom. The zero-order valence-corrected chi connectivity index (χ0v) is 11.6. The molecule has 0 radical (unpaired) electrons. The molecular weight excluding hydrogens is 278 g/mol. The summed E-state index contributed by atoms with van der Waals surface area (Å²) in [6, 6.07) is 18.8. The van der Waals surface area contributed by atoms with Gasteiger partial charge in [0.05, 0.1) is 0 Å².